The molecule has 1 N–H and O–H groups in total. The van der Waals surface area contributed by atoms with E-state index < -0.39 is 16.9 Å². The summed E-state index contributed by atoms with van der Waals surface area (Å²) in [5.41, 5.74) is 0.374. The first-order valence-electron chi connectivity index (χ1n) is 8.91. The molecule has 0 aliphatic rings. The minimum absolute atomic E-state index is 0.142. The summed E-state index contributed by atoms with van der Waals surface area (Å²) in [6.45, 7) is 3.99. The number of amides is 1. The molecule has 0 aliphatic heterocycles. The summed E-state index contributed by atoms with van der Waals surface area (Å²) < 4.78 is 16.3. The summed E-state index contributed by atoms with van der Waals surface area (Å²) in [5, 5.41) is 13.5. The van der Waals surface area contributed by atoms with E-state index >= 15 is 0 Å². The summed E-state index contributed by atoms with van der Waals surface area (Å²) in [4.78, 5) is 34.1. The van der Waals surface area contributed by atoms with E-state index in [4.69, 9.17) is 14.2 Å². The zero-order valence-corrected chi connectivity index (χ0v) is 16.3. The average molecular weight is 402 g/mol. The highest BCUT2D eigenvalue weighted by molar-refractivity contribution is 5.95. The molecule has 0 fully saturated rings. The van der Waals surface area contributed by atoms with Crippen LogP contribution in [0.25, 0.3) is 0 Å². The molecule has 0 aliphatic carbocycles. The van der Waals surface area contributed by atoms with Crippen molar-refractivity contribution in [2.75, 3.05) is 19.0 Å². The molecular weight excluding hydrogens is 380 g/mol. The van der Waals surface area contributed by atoms with Crippen LogP contribution in [-0.2, 0) is 4.79 Å². The van der Waals surface area contributed by atoms with Crippen molar-refractivity contribution in [3.8, 4) is 17.2 Å². The van der Waals surface area contributed by atoms with Crippen molar-refractivity contribution in [1.82, 2.24) is 0 Å². The largest absolute Gasteiger partial charge is 0.494 e. The minimum atomic E-state index is -0.963. The molecule has 0 saturated carbocycles. The molecule has 0 unspecified atom stereocenters. The molecule has 9 nitrogen and oxygen atoms in total. The molecule has 2 rings (SSSR count). The molecule has 0 radical (unpaired) electrons. The fourth-order valence-corrected chi connectivity index (χ4v) is 2.40. The van der Waals surface area contributed by atoms with Gasteiger partial charge in [0.15, 0.2) is 12.4 Å². The zero-order chi connectivity index (χ0) is 21.4. The quantitative estimate of drug-likeness (QED) is 0.366. The Bertz CT molecular complexity index is 898. The lowest BCUT2D eigenvalue weighted by Crippen LogP contribution is -2.30. The Kier molecular flexibility index (Phi) is 7.53. The number of nitro benzene ring substituents is 1. The fourth-order valence-electron chi connectivity index (χ4n) is 2.40. The molecule has 1 amide bonds. The third kappa shape index (κ3) is 5.68. The number of anilines is 1. The number of nitrogens with one attached hydrogen (secondary N) is 1. The maximum Gasteiger partial charge on any atom is 0.273 e. The number of benzene rings is 2. The Labute approximate surface area is 167 Å². The number of carbonyl (C=O) groups excluding carboxylic acids is 2. The van der Waals surface area contributed by atoms with Crippen LogP contribution in [-0.4, -0.2) is 36.9 Å². The van der Waals surface area contributed by atoms with Crippen LogP contribution in [0.5, 0.6) is 17.2 Å². The summed E-state index contributed by atoms with van der Waals surface area (Å²) in [7, 11) is 1.34. The second-order valence-electron chi connectivity index (χ2n) is 6.06. The molecule has 2 aromatic rings. The first kappa shape index (κ1) is 21.7. The second-order valence-corrected chi connectivity index (χ2v) is 6.06. The Morgan fingerprint density at radius 1 is 1.24 bits per heavy atom. The maximum absolute atomic E-state index is 12.5. The number of nitrogens with zero attached hydrogens (tertiary/aromatic N) is 1. The number of ether oxygens (including phenoxy) is 3. The highest BCUT2D eigenvalue weighted by Crippen LogP contribution is 2.30. The number of hydrogen-bond donors (Lipinski definition) is 1. The number of methoxy groups -OCH3 is 1. The molecule has 2 aromatic carbocycles. The van der Waals surface area contributed by atoms with Crippen LogP contribution >= 0.6 is 0 Å². The molecular formula is C20H22N2O7. The standard InChI is InChI=1S/C20H22N2O7/c1-4-9-28-16-7-5-14(12-23)18(11-16)29-13(2)20(24)21-17-8-6-15(22(25)26)10-19(17)27-3/h5-8,10-13H,4,9H2,1-3H3,(H,21,24)/t13-/m1/s1. The number of non-ortho nitro benzene ring substituents is 1. The van der Waals surface area contributed by atoms with E-state index in [9.17, 15) is 19.7 Å². The summed E-state index contributed by atoms with van der Waals surface area (Å²) in [5.74, 6) is 0.362. The van der Waals surface area contributed by atoms with Gasteiger partial charge in [0.25, 0.3) is 11.6 Å². The predicted octanol–water partition coefficient (Wildman–Crippen LogP) is 3.61. The van der Waals surface area contributed by atoms with Crippen molar-refractivity contribution in [3.05, 3.63) is 52.1 Å². The van der Waals surface area contributed by atoms with Crippen LogP contribution in [0.3, 0.4) is 0 Å². The van der Waals surface area contributed by atoms with Crippen molar-refractivity contribution in [2.24, 2.45) is 0 Å². The third-order valence-electron chi connectivity index (χ3n) is 3.91. The lowest BCUT2D eigenvalue weighted by molar-refractivity contribution is -0.384. The molecule has 9 heteroatoms. The Hall–Kier alpha value is -3.62. The minimum Gasteiger partial charge on any atom is -0.494 e. The number of aldehydes is 1. The smallest absolute Gasteiger partial charge is 0.273 e. The summed E-state index contributed by atoms with van der Waals surface area (Å²) >= 11 is 0. The molecule has 1 atom stereocenters. The van der Waals surface area contributed by atoms with Gasteiger partial charge in [-0.05, 0) is 31.5 Å². The van der Waals surface area contributed by atoms with Crippen molar-refractivity contribution >= 4 is 23.6 Å². The van der Waals surface area contributed by atoms with Crippen molar-refractivity contribution in [3.63, 3.8) is 0 Å². The van der Waals surface area contributed by atoms with Crippen LogP contribution in [0.4, 0.5) is 11.4 Å². The monoisotopic (exact) mass is 402 g/mol. The van der Waals surface area contributed by atoms with Crippen molar-refractivity contribution in [2.45, 2.75) is 26.4 Å². The lowest BCUT2D eigenvalue weighted by Gasteiger charge is -2.17. The normalized spacial score (nSPS) is 11.3. The topological polar surface area (TPSA) is 117 Å². The van der Waals surface area contributed by atoms with Gasteiger partial charge >= 0.3 is 0 Å². The van der Waals surface area contributed by atoms with Gasteiger partial charge in [-0.2, -0.15) is 0 Å². The fraction of sp³-hybridized carbons (Fsp3) is 0.300. The van der Waals surface area contributed by atoms with Crippen molar-refractivity contribution in [1.29, 1.82) is 0 Å². The third-order valence-corrected chi connectivity index (χ3v) is 3.91. The summed E-state index contributed by atoms with van der Waals surface area (Å²) in [6.07, 6.45) is 0.486. The molecule has 0 saturated heterocycles. The molecule has 154 valence electrons. The van der Waals surface area contributed by atoms with Gasteiger partial charge in [-0.25, -0.2) is 0 Å². The van der Waals surface area contributed by atoms with E-state index in [0.717, 1.165) is 6.42 Å². The van der Waals surface area contributed by atoms with Crippen LogP contribution in [0.1, 0.15) is 30.6 Å². The van der Waals surface area contributed by atoms with E-state index in [-0.39, 0.29) is 28.4 Å². The van der Waals surface area contributed by atoms with Gasteiger partial charge in [-0.3, -0.25) is 19.7 Å². The molecule has 29 heavy (non-hydrogen) atoms. The van der Waals surface area contributed by atoms with Gasteiger partial charge < -0.3 is 19.5 Å². The van der Waals surface area contributed by atoms with Gasteiger partial charge in [0.1, 0.15) is 17.2 Å². The molecule has 0 spiro atoms. The van der Waals surface area contributed by atoms with Crippen LogP contribution < -0.4 is 19.5 Å². The van der Waals surface area contributed by atoms with E-state index in [0.29, 0.717) is 18.6 Å². The van der Waals surface area contributed by atoms with E-state index in [1.54, 1.807) is 18.2 Å². The maximum atomic E-state index is 12.5. The van der Waals surface area contributed by atoms with E-state index in [1.807, 2.05) is 6.92 Å². The van der Waals surface area contributed by atoms with Crippen molar-refractivity contribution < 1.29 is 28.7 Å². The number of rotatable bonds is 10. The Balaban J connectivity index is 2.15. The van der Waals surface area contributed by atoms with Gasteiger partial charge in [0.2, 0.25) is 0 Å². The SMILES string of the molecule is CCCOc1ccc(C=O)c(O[C@H](C)C(=O)Nc2ccc([N+](=O)[O-])cc2OC)c1. The second kappa shape index (κ2) is 10.1. The average Bonchev–Trinajstić information content (AvgIpc) is 2.72. The number of nitro groups is 1. The Morgan fingerprint density at radius 3 is 2.62 bits per heavy atom. The highest BCUT2D eigenvalue weighted by Gasteiger charge is 2.20. The molecule has 0 aromatic heterocycles. The van der Waals surface area contributed by atoms with Gasteiger partial charge in [0, 0.05) is 12.1 Å². The van der Waals surface area contributed by atoms with Crippen LogP contribution in [0.15, 0.2) is 36.4 Å². The van der Waals surface area contributed by atoms with E-state index in [2.05, 4.69) is 5.32 Å². The van der Waals surface area contributed by atoms with Gasteiger partial charge in [-0.15, -0.1) is 0 Å². The van der Waals surface area contributed by atoms with Crippen LogP contribution in [0, 0.1) is 10.1 Å². The first-order valence-corrected chi connectivity index (χ1v) is 8.91. The number of carbonyl (C=O) groups is 2. The molecule has 0 bridgehead atoms. The zero-order valence-electron chi connectivity index (χ0n) is 16.3. The van der Waals surface area contributed by atoms with E-state index in [1.165, 1.54) is 32.2 Å². The Morgan fingerprint density at radius 2 is 2.00 bits per heavy atom. The van der Waals surface area contributed by atoms with Crippen LogP contribution in [0.2, 0.25) is 0 Å². The molecule has 0 heterocycles. The highest BCUT2D eigenvalue weighted by atomic mass is 16.6. The summed E-state index contributed by atoms with van der Waals surface area (Å²) in [6, 6.07) is 8.59. The number of hydrogen-bond acceptors (Lipinski definition) is 7. The van der Waals surface area contributed by atoms with Gasteiger partial charge in [0.05, 0.1) is 36.0 Å². The lowest BCUT2D eigenvalue weighted by atomic mass is 10.2. The first-order chi connectivity index (χ1) is 13.9. The predicted molar refractivity (Wildman–Crippen MR) is 106 cm³/mol. The van der Waals surface area contributed by atoms with Gasteiger partial charge in [-0.1, -0.05) is 6.92 Å².